The minimum Gasteiger partial charge on any atom is -0.329 e. The molecule has 0 saturated carbocycles. The number of piperazine rings is 1. The Bertz CT molecular complexity index is 511. The van der Waals surface area contributed by atoms with Gasteiger partial charge in [-0.3, -0.25) is 4.90 Å². The zero-order valence-electron chi connectivity index (χ0n) is 12.5. The fourth-order valence-corrected chi connectivity index (χ4v) is 2.47. The first-order valence-corrected chi connectivity index (χ1v) is 7.21. The molecule has 0 radical (unpaired) electrons. The molecule has 22 heavy (non-hydrogen) atoms. The van der Waals surface area contributed by atoms with Gasteiger partial charge in [0.2, 0.25) is 0 Å². The molecule has 1 aliphatic heterocycles. The second kappa shape index (κ2) is 7.00. The number of amides is 2. The molecule has 1 saturated heterocycles. The van der Waals surface area contributed by atoms with E-state index in [2.05, 4.69) is 17.0 Å². The van der Waals surface area contributed by atoms with E-state index in [0.717, 1.165) is 6.54 Å². The molecular formula is C15H20F3N3O. The van der Waals surface area contributed by atoms with Crippen LogP contribution in [0.4, 0.5) is 18.0 Å². The standard InChI is InChI=1S/C15H20F3N3O/c1-12-3-2-4-13(9-12)10-20-5-7-21(8-6-20)14(22)19-11-15(16,17)18/h2-4,9H,5-8,10-11H2,1H3,(H,19,22). The summed E-state index contributed by atoms with van der Waals surface area (Å²) in [6.07, 6.45) is -4.37. The van der Waals surface area contributed by atoms with Crippen molar-refractivity contribution >= 4 is 6.03 Å². The summed E-state index contributed by atoms with van der Waals surface area (Å²) in [4.78, 5) is 15.3. The lowest BCUT2D eigenvalue weighted by Crippen LogP contribution is -2.52. The fraction of sp³-hybridized carbons (Fsp3) is 0.533. The van der Waals surface area contributed by atoms with Crippen LogP contribution in [-0.2, 0) is 6.54 Å². The molecule has 7 heteroatoms. The first-order valence-electron chi connectivity index (χ1n) is 7.21. The van der Waals surface area contributed by atoms with Crippen LogP contribution in [0.2, 0.25) is 0 Å². The molecule has 1 N–H and O–H groups in total. The average Bonchev–Trinajstić information content (AvgIpc) is 2.45. The van der Waals surface area contributed by atoms with Crippen molar-refractivity contribution in [3.8, 4) is 0 Å². The predicted octanol–water partition coefficient (Wildman–Crippen LogP) is 2.38. The lowest BCUT2D eigenvalue weighted by molar-refractivity contribution is -0.123. The molecule has 2 amide bonds. The van der Waals surface area contributed by atoms with Gasteiger partial charge >= 0.3 is 12.2 Å². The van der Waals surface area contributed by atoms with E-state index in [-0.39, 0.29) is 0 Å². The summed E-state index contributed by atoms with van der Waals surface area (Å²) in [5.41, 5.74) is 2.40. The van der Waals surface area contributed by atoms with Crippen LogP contribution in [0.5, 0.6) is 0 Å². The van der Waals surface area contributed by atoms with Crippen LogP contribution in [0.1, 0.15) is 11.1 Å². The Morgan fingerprint density at radius 2 is 1.91 bits per heavy atom. The molecule has 0 aromatic heterocycles. The molecule has 0 atom stereocenters. The van der Waals surface area contributed by atoms with E-state index in [9.17, 15) is 18.0 Å². The van der Waals surface area contributed by atoms with Crippen molar-refractivity contribution in [2.24, 2.45) is 0 Å². The first-order chi connectivity index (χ1) is 10.3. The van der Waals surface area contributed by atoms with Gasteiger partial charge in [0.1, 0.15) is 6.54 Å². The number of nitrogens with zero attached hydrogens (tertiary/aromatic N) is 2. The van der Waals surface area contributed by atoms with Crippen LogP contribution >= 0.6 is 0 Å². The maximum atomic E-state index is 12.1. The summed E-state index contributed by atoms with van der Waals surface area (Å²) >= 11 is 0. The normalized spacial score (nSPS) is 16.6. The number of halogens is 3. The fourth-order valence-electron chi connectivity index (χ4n) is 2.47. The smallest absolute Gasteiger partial charge is 0.329 e. The van der Waals surface area contributed by atoms with E-state index in [0.29, 0.717) is 26.2 Å². The van der Waals surface area contributed by atoms with Crippen LogP contribution in [0.3, 0.4) is 0 Å². The highest BCUT2D eigenvalue weighted by Crippen LogP contribution is 2.13. The molecule has 1 aliphatic rings. The van der Waals surface area contributed by atoms with Gasteiger partial charge in [0, 0.05) is 32.7 Å². The number of hydrogen-bond acceptors (Lipinski definition) is 2. The Morgan fingerprint density at radius 1 is 1.23 bits per heavy atom. The number of rotatable bonds is 3. The molecule has 1 aromatic carbocycles. The molecular weight excluding hydrogens is 295 g/mol. The lowest BCUT2D eigenvalue weighted by Gasteiger charge is -2.34. The molecule has 0 aliphatic carbocycles. The molecule has 0 unspecified atom stereocenters. The summed E-state index contributed by atoms with van der Waals surface area (Å²) in [6.45, 7) is 3.74. The number of benzene rings is 1. The first kappa shape index (κ1) is 16.6. The van der Waals surface area contributed by atoms with Gasteiger partial charge in [-0.15, -0.1) is 0 Å². The summed E-state index contributed by atoms with van der Waals surface area (Å²) in [6, 6.07) is 7.56. The number of nitrogens with one attached hydrogen (secondary N) is 1. The Hall–Kier alpha value is -1.76. The second-order valence-electron chi connectivity index (χ2n) is 5.53. The minimum atomic E-state index is -4.37. The van der Waals surface area contributed by atoms with Crippen molar-refractivity contribution in [1.29, 1.82) is 0 Å². The molecule has 122 valence electrons. The van der Waals surface area contributed by atoms with E-state index in [1.807, 2.05) is 24.4 Å². The number of carbonyl (C=O) groups excluding carboxylic acids is 1. The second-order valence-corrected chi connectivity index (χ2v) is 5.53. The van der Waals surface area contributed by atoms with Gasteiger partial charge in [-0.05, 0) is 12.5 Å². The zero-order valence-corrected chi connectivity index (χ0v) is 12.5. The Kier molecular flexibility index (Phi) is 5.28. The van der Waals surface area contributed by atoms with Gasteiger partial charge in [0.15, 0.2) is 0 Å². The van der Waals surface area contributed by atoms with E-state index < -0.39 is 18.8 Å². The highest BCUT2D eigenvalue weighted by molar-refractivity contribution is 5.74. The third kappa shape index (κ3) is 5.22. The highest BCUT2D eigenvalue weighted by atomic mass is 19.4. The number of urea groups is 1. The van der Waals surface area contributed by atoms with Crippen molar-refractivity contribution in [2.75, 3.05) is 32.7 Å². The summed E-state index contributed by atoms with van der Waals surface area (Å²) in [5, 5.41) is 1.91. The van der Waals surface area contributed by atoms with Gasteiger partial charge in [-0.1, -0.05) is 29.8 Å². The lowest BCUT2D eigenvalue weighted by atomic mass is 10.1. The van der Waals surface area contributed by atoms with E-state index >= 15 is 0 Å². The van der Waals surface area contributed by atoms with Crippen LogP contribution in [-0.4, -0.2) is 54.7 Å². The van der Waals surface area contributed by atoms with Crippen molar-refractivity contribution in [3.63, 3.8) is 0 Å². The maximum absolute atomic E-state index is 12.1. The van der Waals surface area contributed by atoms with Crippen molar-refractivity contribution in [3.05, 3.63) is 35.4 Å². The van der Waals surface area contributed by atoms with Crippen LogP contribution < -0.4 is 5.32 Å². The largest absolute Gasteiger partial charge is 0.405 e. The van der Waals surface area contributed by atoms with Gasteiger partial charge in [-0.25, -0.2) is 4.79 Å². The summed E-state index contributed by atoms with van der Waals surface area (Å²) < 4.78 is 36.2. The molecule has 0 spiro atoms. The van der Waals surface area contributed by atoms with E-state index in [1.165, 1.54) is 16.0 Å². The van der Waals surface area contributed by atoms with Gasteiger partial charge in [-0.2, -0.15) is 13.2 Å². The van der Waals surface area contributed by atoms with Crippen molar-refractivity contribution < 1.29 is 18.0 Å². The van der Waals surface area contributed by atoms with Crippen LogP contribution in [0, 0.1) is 6.92 Å². The van der Waals surface area contributed by atoms with E-state index in [4.69, 9.17) is 0 Å². The number of alkyl halides is 3. The number of carbonyl (C=O) groups is 1. The minimum absolute atomic E-state index is 0.440. The van der Waals surface area contributed by atoms with Gasteiger partial charge in [0.05, 0.1) is 0 Å². The third-order valence-electron chi connectivity index (χ3n) is 3.59. The monoisotopic (exact) mass is 315 g/mol. The molecule has 4 nitrogen and oxygen atoms in total. The molecule has 1 heterocycles. The number of hydrogen-bond donors (Lipinski definition) is 1. The Balaban J connectivity index is 1.77. The summed E-state index contributed by atoms with van der Waals surface area (Å²) in [7, 11) is 0. The Morgan fingerprint density at radius 3 is 2.50 bits per heavy atom. The predicted molar refractivity (Wildman–Crippen MR) is 77.5 cm³/mol. The highest BCUT2D eigenvalue weighted by Gasteiger charge is 2.29. The van der Waals surface area contributed by atoms with Gasteiger partial charge < -0.3 is 10.2 Å². The molecule has 1 aromatic rings. The summed E-state index contributed by atoms with van der Waals surface area (Å²) in [5.74, 6) is 0. The van der Waals surface area contributed by atoms with Gasteiger partial charge in [0.25, 0.3) is 0 Å². The van der Waals surface area contributed by atoms with E-state index in [1.54, 1.807) is 0 Å². The average molecular weight is 315 g/mol. The SMILES string of the molecule is Cc1cccc(CN2CCN(C(=O)NCC(F)(F)F)CC2)c1. The topological polar surface area (TPSA) is 35.6 Å². The maximum Gasteiger partial charge on any atom is 0.405 e. The quantitative estimate of drug-likeness (QED) is 0.929. The molecule has 0 bridgehead atoms. The number of aryl methyl sites for hydroxylation is 1. The van der Waals surface area contributed by atoms with Crippen LogP contribution in [0.15, 0.2) is 24.3 Å². The third-order valence-corrected chi connectivity index (χ3v) is 3.59. The molecule has 2 rings (SSSR count). The Labute approximate surface area is 127 Å². The van der Waals surface area contributed by atoms with Crippen LogP contribution in [0.25, 0.3) is 0 Å². The molecule has 1 fully saturated rings. The van der Waals surface area contributed by atoms with Crippen molar-refractivity contribution in [2.45, 2.75) is 19.6 Å². The van der Waals surface area contributed by atoms with Crippen molar-refractivity contribution in [1.82, 2.24) is 15.1 Å². The zero-order chi connectivity index (χ0) is 16.2.